The van der Waals surface area contributed by atoms with Crippen LogP contribution in [0.3, 0.4) is 0 Å². The molecule has 0 aliphatic heterocycles. The Morgan fingerprint density at radius 3 is 2.09 bits per heavy atom. The van der Waals surface area contributed by atoms with Crippen LogP contribution in [0.5, 0.6) is 0 Å². The number of anilines is 1. The monoisotopic (exact) mass is 451 g/mol. The second-order valence-electron chi connectivity index (χ2n) is 6.65. The minimum atomic E-state index is -3.70. The van der Waals surface area contributed by atoms with E-state index in [1.165, 1.54) is 44.6 Å². The number of ether oxygens (including phenoxy) is 1. The lowest BCUT2D eigenvalue weighted by Crippen LogP contribution is -2.26. The minimum Gasteiger partial charge on any atom is -0.465 e. The lowest BCUT2D eigenvalue weighted by Gasteiger charge is -2.19. The second-order valence-corrected chi connectivity index (χ2v) is 8.61. The van der Waals surface area contributed by atoms with Crippen LogP contribution in [0.4, 0.5) is 5.69 Å². The molecule has 0 saturated carbocycles. The summed E-state index contributed by atoms with van der Waals surface area (Å²) in [4.78, 5) is 23.9. The Morgan fingerprint density at radius 1 is 0.906 bits per heavy atom. The smallest absolute Gasteiger partial charge is 0.337 e. The third kappa shape index (κ3) is 5.19. The van der Waals surface area contributed by atoms with Gasteiger partial charge >= 0.3 is 5.97 Å². The van der Waals surface area contributed by atoms with Crippen molar-refractivity contribution in [1.82, 2.24) is 5.43 Å². The van der Waals surface area contributed by atoms with Gasteiger partial charge < -0.3 is 4.74 Å². The molecule has 1 amide bonds. The molecule has 8 nitrogen and oxygen atoms in total. The van der Waals surface area contributed by atoms with Gasteiger partial charge in [-0.25, -0.2) is 18.6 Å². The summed E-state index contributed by atoms with van der Waals surface area (Å²) in [7, 11) is -0.943. The molecule has 1 N–H and O–H groups in total. The highest BCUT2D eigenvalue weighted by Crippen LogP contribution is 2.22. The number of hydrogen-bond acceptors (Lipinski definition) is 6. The molecule has 0 unspecified atom stereocenters. The highest BCUT2D eigenvalue weighted by Gasteiger charge is 2.21. The van der Waals surface area contributed by atoms with E-state index in [0.29, 0.717) is 22.4 Å². The predicted octanol–water partition coefficient (Wildman–Crippen LogP) is 3.06. The predicted molar refractivity (Wildman–Crippen MR) is 121 cm³/mol. The van der Waals surface area contributed by atoms with Gasteiger partial charge in [-0.05, 0) is 54.1 Å². The van der Waals surface area contributed by atoms with Crippen molar-refractivity contribution in [3.05, 3.63) is 95.6 Å². The Bertz CT molecular complexity index is 1220. The van der Waals surface area contributed by atoms with Crippen molar-refractivity contribution in [3.8, 4) is 0 Å². The molecule has 0 atom stereocenters. The number of nitrogens with zero attached hydrogens (tertiary/aromatic N) is 2. The quantitative estimate of drug-likeness (QED) is 0.338. The maximum Gasteiger partial charge on any atom is 0.337 e. The van der Waals surface area contributed by atoms with E-state index in [0.717, 1.165) is 4.31 Å². The summed E-state index contributed by atoms with van der Waals surface area (Å²) in [5.41, 5.74) is 4.23. The zero-order valence-corrected chi connectivity index (χ0v) is 18.2. The van der Waals surface area contributed by atoms with Crippen molar-refractivity contribution >= 4 is 33.8 Å². The summed E-state index contributed by atoms with van der Waals surface area (Å²) in [5, 5.41) is 3.90. The third-order valence-corrected chi connectivity index (χ3v) is 6.41. The molecule has 0 aliphatic carbocycles. The lowest BCUT2D eigenvalue weighted by atomic mass is 10.1. The number of carbonyl (C=O) groups excluding carboxylic acids is 2. The van der Waals surface area contributed by atoms with E-state index in [4.69, 9.17) is 0 Å². The van der Waals surface area contributed by atoms with Gasteiger partial charge in [0.15, 0.2) is 0 Å². The van der Waals surface area contributed by atoms with Gasteiger partial charge in [0.25, 0.3) is 15.9 Å². The number of nitrogens with one attached hydrogen (secondary N) is 1. The molecule has 3 aromatic carbocycles. The Hall–Kier alpha value is -3.98. The molecule has 0 saturated heterocycles. The van der Waals surface area contributed by atoms with Gasteiger partial charge in [-0.3, -0.25) is 9.10 Å². The molecule has 0 aliphatic rings. The van der Waals surface area contributed by atoms with Crippen LogP contribution in [-0.4, -0.2) is 40.7 Å². The van der Waals surface area contributed by atoms with Crippen LogP contribution in [0, 0.1) is 0 Å². The van der Waals surface area contributed by atoms with Crippen LogP contribution < -0.4 is 9.73 Å². The molecule has 0 aromatic heterocycles. The molecule has 0 heterocycles. The first-order valence-corrected chi connectivity index (χ1v) is 10.9. The first kappa shape index (κ1) is 22.7. The van der Waals surface area contributed by atoms with Crippen LogP contribution in [-0.2, 0) is 14.8 Å². The number of sulfonamides is 1. The summed E-state index contributed by atoms with van der Waals surface area (Å²) in [6.07, 6.45) is 1.44. The highest BCUT2D eigenvalue weighted by atomic mass is 32.2. The Balaban J connectivity index is 1.64. The van der Waals surface area contributed by atoms with Gasteiger partial charge in [0.1, 0.15) is 0 Å². The number of carbonyl (C=O) groups is 2. The average molecular weight is 452 g/mol. The summed E-state index contributed by atoms with van der Waals surface area (Å²) >= 11 is 0. The van der Waals surface area contributed by atoms with Gasteiger partial charge in [-0.1, -0.05) is 30.3 Å². The fourth-order valence-electron chi connectivity index (χ4n) is 2.77. The van der Waals surface area contributed by atoms with Crippen molar-refractivity contribution in [3.63, 3.8) is 0 Å². The largest absolute Gasteiger partial charge is 0.465 e. The number of methoxy groups -OCH3 is 1. The van der Waals surface area contributed by atoms with Gasteiger partial charge in [0, 0.05) is 12.6 Å². The molecule has 0 fully saturated rings. The first-order valence-electron chi connectivity index (χ1n) is 9.49. The van der Waals surface area contributed by atoms with Gasteiger partial charge in [0.2, 0.25) is 0 Å². The van der Waals surface area contributed by atoms with Crippen molar-refractivity contribution < 1.29 is 22.7 Å². The van der Waals surface area contributed by atoms with E-state index < -0.39 is 21.9 Å². The molecule has 32 heavy (non-hydrogen) atoms. The summed E-state index contributed by atoms with van der Waals surface area (Å²) in [5.74, 6) is -0.889. The summed E-state index contributed by atoms with van der Waals surface area (Å²) in [6, 6.07) is 20.7. The standard InChI is InChI=1S/C23H21N3O5S/c1-26(32(29,30)21-6-4-3-5-7-21)20-14-12-18(13-15-20)22(27)25-24-16-17-8-10-19(11-9-17)23(28)31-2/h3-16H,1-2H3,(H,25,27). The average Bonchev–Trinajstić information content (AvgIpc) is 2.84. The summed E-state index contributed by atoms with van der Waals surface area (Å²) < 4.78 is 31.2. The number of amides is 1. The van der Waals surface area contributed by atoms with E-state index >= 15 is 0 Å². The highest BCUT2D eigenvalue weighted by molar-refractivity contribution is 7.92. The number of esters is 1. The first-order chi connectivity index (χ1) is 15.3. The third-order valence-electron chi connectivity index (χ3n) is 4.61. The number of hydrogen-bond donors (Lipinski definition) is 1. The Kier molecular flexibility index (Phi) is 7.01. The molecule has 0 radical (unpaired) electrons. The molecule has 164 valence electrons. The molecular formula is C23H21N3O5S. The lowest BCUT2D eigenvalue weighted by molar-refractivity contribution is 0.0600. The summed E-state index contributed by atoms with van der Waals surface area (Å²) in [6.45, 7) is 0. The van der Waals surface area contributed by atoms with Crippen molar-refractivity contribution in [2.75, 3.05) is 18.5 Å². The normalized spacial score (nSPS) is 11.2. The van der Waals surface area contributed by atoms with Crippen LogP contribution in [0.15, 0.2) is 88.9 Å². The van der Waals surface area contributed by atoms with E-state index in [9.17, 15) is 18.0 Å². The maximum atomic E-state index is 12.7. The van der Waals surface area contributed by atoms with Gasteiger partial charge in [0.05, 0.1) is 29.5 Å². The van der Waals surface area contributed by atoms with E-state index in [1.807, 2.05) is 0 Å². The fourth-order valence-corrected chi connectivity index (χ4v) is 3.98. The minimum absolute atomic E-state index is 0.179. The van der Waals surface area contributed by atoms with Crippen LogP contribution in [0.2, 0.25) is 0 Å². The van der Waals surface area contributed by atoms with E-state index in [1.54, 1.807) is 54.6 Å². The van der Waals surface area contributed by atoms with Gasteiger partial charge in [-0.15, -0.1) is 0 Å². The number of benzene rings is 3. The molecule has 9 heteroatoms. The topological polar surface area (TPSA) is 105 Å². The zero-order valence-electron chi connectivity index (χ0n) is 17.4. The Morgan fingerprint density at radius 2 is 1.50 bits per heavy atom. The molecule has 0 spiro atoms. The second kappa shape index (κ2) is 9.88. The zero-order chi connectivity index (χ0) is 23.1. The van der Waals surface area contributed by atoms with E-state index in [-0.39, 0.29) is 4.90 Å². The Labute approximate surface area is 186 Å². The molecule has 3 aromatic rings. The number of hydrazone groups is 1. The van der Waals surface area contributed by atoms with Gasteiger partial charge in [-0.2, -0.15) is 5.10 Å². The molecule has 3 rings (SSSR count). The SMILES string of the molecule is COC(=O)c1ccc(C=NNC(=O)c2ccc(N(C)S(=O)(=O)c3ccccc3)cc2)cc1. The van der Waals surface area contributed by atoms with Crippen LogP contribution in [0.1, 0.15) is 26.3 Å². The molecule has 0 bridgehead atoms. The fraction of sp³-hybridized carbons (Fsp3) is 0.0870. The van der Waals surface area contributed by atoms with Crippen molar-refractivity contribution in [1.29, 1.82) is 0 Å². The van der Waals surface area contributed by atoms with Crippen molar-refractivity contribution in [2.24, 2.45) is 5.10 Å². The van der Waals surface area contributed by atoms with E-state index in [2.05, 4.69) is 15.3 Å². The molecular weight excluding hydrogens is 430 g/mol. The number of rotatable bonds is 7. The van der Waals surface area contributed by atoms with Crippen LogP contribution >= 0.6 is 0 Å². The van der Waals surface area contributed by atoms with Crippen LogP contribution in [0.25, 0.3) is 0 Å². The maximum absolute atomic E-state index is 12.7. The van der Waals surface area contributed by atoms with Crippen molar-refractivity contribution in [2.45, 2.75) is 4.90 Å².